The second-order valence-corrected chi connectivity index (χ2v) is 5.31. The van der Waals surface area contributed by atoms with Crippen LogP contribution in [-0.4, -0.2) is 4.57 Å². The van der Waals surface area contributed by atoms with E-state index in [1.54, 1.807) is 0 Å². The van der Waals surface area contributed by atoms with Crippen LogP contribution in [0.3, 0.4) is 0 Å². The first-order chi connectivity index (χ1) is 9.65. The van der Waals surface area contributed by atoms with Gasteiger partial charge in [0.25, 0.3) is 0 Å². The van der Waals surface area contributed by atoms with E-state index < -0.39 is 0 Å². The van der Waals surface area contributed by atoms with Crippen molar-refractivity contribution in [2.75, 3.05) is 0 Å². The Labute approximate surface area is 119 Å². The average molecular weight is 265 g/mol. The first-order valence-electron chi connectivity index (χ1n) is 6.88. The lowest BCUT2D eigenvalue weighted by molar-refractivity contribution is 0.297. The van der Waals surface area contributed by atoms with Crippen molar-refractivity contribution in [2.24, 2.45) is 7.05 Å². The van der Waals surface area contributed by atoms with Gasteiger partial charge in [0.1, 0.15) is 12.4 Å². The smallest absolute Gasteiger partial charge is 0.128 e. The molecule has 0 aliphatic rings. The fourth-order valence-corrected chi connectivity index (χ4v) is 2.56. The van der Waals surface area contributed by atoms with Gasteiger partial charge < -0.3 is 9.30 Å². The Hall–Kier alpha value is -2.22. The van der Waals surface area contributed by atoms with E-state index in [2.05, 4.69) is 61.9 Å². The minimum Gasteiger partial charge on any atom is -0.487 e. The zero-order chi connectivity index (χ0) is 14.1. The predicted molar refractivity (Wildman–Crippen MR) is 83.2 cm³/mol. The SMILES string of the molecule is Cc1cccc(OCc2cc3c(C)cccc3n2C)c1. The zero-order valence-electron chi connectivity index (χ0n) is 12.2. The Morgan fingerprint density at radius 2 is 1.80 bits per heavy atom. The molecule has 102 valence electrons. The minimum atomic E-state index is 0.591. The van der Waals surface area contributed by atoms with Crippen LogP contribution >= 0.6 is 0 Å². The van der Waals surface area contributed by atoms with Gasteiger partial charge in [-0.3, -0.25) is 0 Å². The molecule has 0 aliphatic heterocycles. The zero-order valence-corrected chi connectivity index (χ0v) is 12.2. The number of ether oxygens (including phenoxy) is 1. The van der Waals surface area contributed by atoms with Gasteiger partial charge in [0.15, 0.2) is 0 Å². The number of aromatic nitrogens is 1. The van der Waals surface area contributed by atoms with Crippen LogP contribution in [0.2, 0.25) is 0 Å². The third-order valence-corrected chi connectivity index (χ3v) is 3.78. The van der Waals surface area contributed by atoms with Crippen LogP contribution in [0, 0.1) is 13.8 Å². The van der Waals surface area contributed by atoms with Crippen molar-refractivity contribution in [3.8, 4) is 5.75 Å². The quantitative estimate of drug-likeness (QED) is 0.685. The molecule has 0 amide bonds. The molecule has 0 N–H and O–H groups in total. The lowest BCUT2D eigenvalue weighted by Crippen LogP contribution is -2.01. The molecule has 20 heavy (non-hydrogen) atoms. The van der Waals surface area contributed by atoms with E-state index in [-0.39, 0.29) is 0 Å². The van der Waals surface area contributed by atoms with Crippen LogP contribution in [0.5, 0.6) is 5.75 Å². The third-order valence-electron chi connectivity index (χ3n) is 3.78. The first kappa shape index (κ1) is 12.8. The van der Waals surface area contributed by atoms with Crippen LogP contribution < -0.4 is 4.74 Å². The first-order valence-corrected chi connectivity index (χ1v) is 6.88. The second-order valence-electron chi connectivity index (χ2n) is 5.31. The number of fused-ring (bicyclic) bond motifs is 1. The molecule has 0 bridgehead atoms. The van der Waals surface area contributed by atoms with E-state index in [1.165, 1.54) is 27.7 Å². The van der Waals surface area contributed by atoms with Crippen molar-refractivity contribution in [3.63, 3.8) is 0 Å². The van der Waals surface area contributed by atoms with Gasteiger partial charge in [-0.05, 0) is 49.2 Å². The maximum absolute atomic E-state index is 5.90. The Kier molecular flexibility index (Phi) is 3.23. The molecule has 2 nitrogen and oxygen atoms in total. The fourth-order valence-electron chi connectivity index (χ4n) is 2.56. The molecule has 1 heterocycles. The molecule has 1 aromatic heterocycles. The molecule has 3 aromatic rings. The summed E-state index contributed by atoms with van der Waals surface area (Å²) in [5.41, 5.74) is 4.97. The lowest BCUT2D eigenvalue weighted by atomic mass is 10.1. The molecular weight excluding hydrogens is 246 g/mol. The van der Waals surface area contributed by atoms with E-state index in [0.29, 0.717) is 6.61 Å². The van der Waals surface area contributed by atoms with Crippen molar-refractivity contribution in [2.45, 2.75) is 20.5 Å². The number of hydrogen-bond acceptors (Lipinski definition) is 1. The highest BCUT2D eigenvalue weighted by molar-refractivity contribution is 5.84. The molecular formula is C18H19NO. The minimum absolute atomic E-state index is 0.591. The highest BCUT2D eigenvalue weighted by Gasteiger charge is 2.07. The van der Waals surface area contributed by atoms with Crippen LogP contribution in [0.4, 0.5) is 0 Å². The maximum atomic E-state index is 5.90. The van der Waals surface area contributed by atoms with E-state index in [1.807, 2.05) is 12.1 Å². The molecule has 0 radical (unpaired) electrons. The largest absolute Gasteiger partial charge is 0.487 e. The average Bonchev–Trinajstić information content (AvgIpc) is 2.75. The Morgan fingerprint density at radius 3 is 2.55 bits per heavy atom. The normalized spacial score (nSPS) is 10.9. The van der Waals surface area contributed by atoms with Gasteiger partial charge in [0, 0.05) is 18.0 Å². The second kappa shape index (κ2) is 5.04. The molecule has 0 spiro atoms. The van der Waals surface area contributed by atoms with Gasteiger partial charge >= 0.3 is 0 Å². The fraction of sp³-hybridized carbons (Fsp3) is 0.222. The molecule has 0 fully saturated rings. The van der Waals surface area contributed by atoms with Crippen molar-refractivity contribution < 1.29 is 4.74 Å². The monoisotopic (exact) mass is 265 g/mol. The molecule has 0 aliphatic carbocycles. The number of aryl methyl sites for hydroxylation is 3. The summed E-state index contributed by atoms with van der Waals surface area (Å²) in [6, 6.07) is 16.8. The van der Waals surface area contributed by atoms with Gasteiger partial charge in [-0.25, -0.2) is 0 Å². The number of hydrogen-bond donors (Lipinski definition) is 0. The summed E-state index contributed by atoms with van der Waals surface area (Å²) in [7, 11) is 2.09. The topological polar surface area (TPSA) is 14.2 Å². The van der Waals surface area contributed by atoms with Crippen molar-refractivity contribution in [1.29, 1.82) is 0 Å². The Bertz CT molecular complexity index is 755. The van der Waals surface area contributed by atoms with Gasteiger partial charge in [0.2, 0.25) is 0 Å². The summed E-state index contributed by atoms with van der Waals surface area (Å²) in [5, 5.41) is 1.30. The van der Waals surface area contributed by atoms with E-state index >= 15 is 0 Å². The highest BCUT2D eigenvalue weighted by atomic mass is 16.5. The van der Waals surface area contributed by atoms with Crippen LogP contribution in [0.15, 0.2) is 48.5 Å². The number of benzene rings is 2. The molecule has 0 atom stereocenters. The summed E-state index contributed by atoms with van der Waals surface area (Å²) in [5.74, 6) is 0.923. The Balaban J connectivity index is 1.88. The van der Waals surface area contributed by atoms with Gasteiger partial charge in [0.05, 0.1) is 5.69 Å². The Morgan fingerprint density at radius 1 is 1.00 bits per heavy atom. The van der Waals surface area contributed by atoms with Gasteiger partial charge in [-0.1, -0.05) is 24.3 Å². The van der Waals surface area contributed by atoms with Crippen LogP contribution in [0.25, 0.3) is 10.9 Å². The summed E-state index contributed by atoms with van der Waals surface area (Å²) in [4.78, 5) is 0. The van der Waals surface area contributed by atoms with E-state index in [0.717, 1.165) is 5.75 Å². The summed E-state index contributed by atoms with van der Waals surface area (Å²) >= 11 is 0. The number of nitrogens with zero attached hydrogens (tertiary/aromatic N) is 1. The summed E-state index contributed by atoms with van der Waals surface area (Å²) in [6.07, 6.45) is 0. The molecule has 0 saturated carbocycles. The van der Waals surface area contributed by atoms with Crippen molar-refractivity contribution >= 4 is 10.9 Å². The van der Waals surface area contributed by atoms with Gasteiger partial charge in [-0.2, -0.15) is 0 Å². The molecule has 0 saturated heterocycles. The van der Waals surface area contributed by atoms with Crippen LogP contribution in [-0.2, 0) is 13.7 Å². The van der Waals surface area contributed by atoms with Crippen molar-refractivity contribution in [3.05, 3.63) is 65.4 Å². The predicted octanol–water partition coefficient (Wildman–Crippen LogP) is 4.37. The molecule has 2 aromatic carbocycles. The highest BCUT2D eigenvalue weighted by Crippen LogP contribution is 2.23. The van der Waals surface area contributed by atoms with E-state index in [9.17, 15) is 0 Å². The van der Waals surface area contributed by atoms with Gasteiger partial charge in [-0.15, -0.1) is 0 Å². The standard InChI is InChI=1S/C18H19NO/c1-13-6-4-8-16(10-13)20-12-15-11-17-14(2)7-5-9-18(17)19(15)3/h4-11H,12H2,1-3H3. The van der Waals surface area contributed by atoms with E-state index in [4.69, 9.17) is 4.74 Å². The molecule has 2 heteroatoms. The maximum Gasteiger partial charge on any atom is 0.128 e. The summed E-state index contributed by atoms with van der Waals surface area (Å²) in [6.45, 7) is 4.81. The summed E-state index contributed by atoms with van der Waals surface area (Å²) < 4.78 is 8.11. The molecule has 3 rings (SSSR count). The van der Waals surface area contributed by atoms with Crippen LogP contribution in [0.1, 0.15) is 16.8 Å². The molecule has 0 unspecified atom stereocenters. The lowest BCUT2D eigenvalue weighted by Gasteiger charge is -2.08. The third kappa shape index (κ3) is 2.29. The number of rotatable bonds is 3. The van der Waals surface area contributed by atoms with Crippen molar-refractivity contribution in [1.82, 2.24) is 4.57 Å².